The van der Waals surface area contributed by atoms with Gasteiger partial charge in [0.25, 0.3) is 0 Å². The van der Waals surface area contributed by atoms with Crippen molar-refractivity contribution in [3.05, 3.63) is 29.5 Å². The molecule has 0 aromatic carbocycles. The molecule has 1 fully saturated rings. The Bertz CT molecular complexity index is 746. The summed E-state index contributed by atoms with van der Waals surface area (Å²) in [5.41, 5.74) is 3.14. The highest BCUT2D eigenvalue weighted by atomic mass is 28.4. The van der Waals surface area contributed by atoms with Crippen molar-refractivity contribution in [3.8, 4) is 0 Å². The predicted octanol–water partition coefficient (Wildman–Crippen LogP) is 6.83. The molecular weight excluding hydrogens is 404 g/mol. The first-order valence-corrected chi connectivity index (χ1v) is 14.9. The Kier molecular flexibility index (Phi) is 8.72. The van der Waals surface area contributed by atoms with Crippen molar-refractivity contribution in [1.82, 2.24) is 0 Å². The second-order valence-electron chi connectivity index (χ2n) is 10.8. The highest BCUT2D eigenvalue weighted by molar-refractivity contribution is 6.74. The van der Waals surface area contributed by atoms with Crippen LogP contribution in [0.25, 0.3) is 0 Å². The van der Waals surface area contributed by atoms with Gasteiger partial charge in [-0.05, 0) is 62.4 Å². The van der Waals surface area contributed by atoms with E-state index in [1.54, 1.807) is 6.08 Å². The van der Waals surface area contributed by atoms with Gasteiger partial charge in [0.05, 0.1) is 0 Å². The highest BCUT2D eigenvalue weighted by Gasteiger charge is 2.52. The maximum absolute atomic E-state index is 12.6. The molecular formula is C26H42O4Si. The van der Waals surface area contributed by atoms with Gasteiger partial charge in [-0.3, -0.25) is 4.79 Å². The molecule has 1 N–H and O–H groups in total. The largest absolute Gasteiger partial charge is 0.479 e. The quantitative estimate of drug-likeness (QED) is 0.227. The first kappa shape index (κ1) is 25.8. The van der Waals surface area contributed by atoms with Crippen LogP contribution in [0.5, 0.6) is 0 Å². The van der Waals surface area contributed by atoms with Crippen LogP contribution < -0.4 is 0 Å². The molecule has 0 heterocycles. The summed E-state index contributed by atoms with van der Waals surface area (Å²) in [6.45, 7) is 12.8. The van der Waals surface area contributed by atoms with E-state index in [-0.39, 0.29) is 16.9 Å². The van der Waals surface area contributed by atoms with Crippen molar-refractivity contribution in [2.75, 3.05) is 0 Å². The van der Waals surface area contributed by atoms with E-state index >= 15 is 0 Å². The number of ketones is 1. The van der Waals surface area contributed by atoms with Crippen molar-refractivity contribution in [2.24, 2.45) is 11.8 Å². The van der Waals surface area contributed by atoms with Gasteiger partial charge in [-0.15, -0.1) is 5.73 Å². The van der Waals surface area contributed by atoms with Crippen molar-refractivity contribution in [2.45, 2.75) is 109 Å². The van der Waals surface area contributed by atoms with E-state index < -0.39 is 19.9 Å². The van der Waals surface area contributed by atoms with Crippen molar-refractivity contribution in [1.29, 1.82) is 0 Å². The van der Waals surface area contributed by atoms with Gasteiger partial charge < -0.3 is 9.53 Å². The molecule has 2 atom stereocenters. The van der Waals surface area contributed by atoms with Crippen LogP contribution >= 0.6 is 0 Å². The summed E-state index contributed by atoms with van der Waals surface area (Å²) in [6, 6.07) is 0. The molecule has 174 valence electrons. The fraction of sp³-hybridized carbons (Fsp3) is 0.731. The van der Waals surface area contributed by atoms with Gasteiger partial charge >= 0.3 is 5.97 Å². The summed E-state index contributed by atoms with van der Waals surface area (Å²) in [5, 5.41) is 10.3. The van der Waals surface area contributed by atoms with Crippen molar-refractivity contribution < 1.29 is 19.1 Å². The number of hydrogen-bond donors (Lipinski definition) is 1. The number of carbonyl (C=O) groups is 2. The Morgan fingerprint density at radius 1 is 1.29 bits per heavy atom. The minimum absolute atomic E-state index is 0.0180. The molecule has 1 unspecified atom stereocenters. The van der Waals surface area contributed by atoms with Gasteiger partial charge in [0.15, 0.2) is 13.9 Å². The molecule has 0 saturated heterocycles. The summed E-state index contributed by atoms with van der Waals surface area (Å²) < 4.78 is 6.62. The lowest BCUT2D eigenvalue weighted by molar-refractivity contribution is -0.156. The van der Waals surface area contributed by atoms with Crippen LogP contribution in [0.15, 0.2) is 29.5 Å². The number of carboxylic acid groups (broad SMARTS) is 1. The number of allylic oxidation sites excluding steroid dienone is 2. The van der Waals surface area contributed by atoms with E-state index in [9.17, 15) is 14.7 Å². The second-order valence-corrected chi connectivity index (χ2v) is 15.5. The summed E-state index contributed by atoms with van der Waals surface area (Å²) in [5.74, 6) is -0.576. The standard InChI is InChI=1S/C26H42O4Si/c1-7-13-20-17-18-23(27)22(20)16-9-8-12-19-26(24(28)29,21-14-10-11-15-21)30-31(5,6)25(2,3)4/h8,17,19,21-22H,7,9-11,13-16,18H2,1-6H3,(H,28,29)/t12?,22-,26?/m1/s1. The van der Waals surface area contributed by atoms with Crippen LogP contribution in [0.3, 0.4) is 0 Å². The van der Waals surface area contributed by atoms with Gasteiger partial charge in [0.2, 0.25) is 0 Å². The van der Waals surface area contributed by atoms with Gasteiger partial charge in [-0.25, -0.2) is 4.79 Å². The van der Waals surface area contributed by atoms with Crippen LogP contribution in [0.4, 0.5) is 0 Å². The summed E-state index contributed by atoms with van der Waals surface area (Å²) >= 11 is 0. The maximum Gasteiger partial charge on any atom is 0.339 e. The van der Waals surface area contributed by atoms with Gasteiger partial charge in [0.1, 0.15) is 5.78 Å². The minimum atomic E-state index is -2.31. The first-order valence-electron chi connectivity index (χ1n) is 12.0. The first-order chi connectivity index (χ1) is 14.4. The zero-order chi connectivity index (χ0) is 23.3. The minimum Gasteiger partial charge on any atom is -0.479 e. The summed E-state index contributed by atoms with van der Waals surface area (Å²) in [6.07, 6.45) is 13.6. The maximum atomic E-state index is 12.6. The molecule has 2 aliphatic rings. The Hall–Kier alpha value is -1.42. The molecule has 1 saturated carbocycles. The third-order valence-electron chi connectivity index (χ3n) is 7.48. The Labute approximate surface area is 190 Å². The van der Waals surface area contributed by atoms with Crippen LogP contribution in [-0.4, -0.2) is 30.8 Å². The van der Waals surface area contributed by atoms with E-state index in [4.69, 9.17) is 4.43 Å². The molecule has 0 spiro atoms. The molecule has 0 radical (unpaired) electrons. The van der Waals surface area contributed by atoms with Crippen LogP contribution in [0, 0.1) is 11.8 Å². The molecule has 31 heavy (non-hydrogen) atoms. The Morgan fingerprint density at radius 3 is 2.48 bits per heavy atom. The van der Waals surface area contributed by atoms with E-state index in [1.165, 1.54) is 5.57 Å². The van der Waals surface area contributed by atoms with E-state index in [0.29, 0.717) is 18.6 Å². The average Bonchev–Trinajstić information content (AvgIpc) is 3.31. The number of hydrogen-bond acceptors (Lipinski definition) is 3. The lowest BCUT2D eigenvalue weighted by Gasteiger charge is -2.44. The number of aliphatic carboxylic acids is 1. The molecule has 5 heteroatoms. The van der Waals surface area contributed by atoms with Crippen LogP contribution in [0.1, 0.15) is 85.5 Å². The number of carbonyl (C=O) groups excluding carboxylic acids is 1. The van der Waals surface area contributed by atoms with Gasteiger partial charge in [-0.1, -0.05) is 58.6 Å². The van der Waals surface area contributed by atoms with Crippen molar-refractivity contribution >= 4 is 20.1 Å². The SMILES string of the molecule is CCCC1=CCC(=O)[C@@H]1CCC=C=CC(O[Si](C)(C)C(C)(C)C)(C(=O)O)C1CCCC1. The molecule has 0 amide bonds. The Balaban J connectivity index is 2.22. The smallest absolute Gasteiger partial charge is 0.339 e. The third kappa shape index (κ3) is 6.09. The zero-order valence-corrected chi connectivity index (χ0v) is 21.4. The molecule has 0 aromatic rings. The van der Waals surface area contributed by atoms with E-state index in [2.05, 4.69) is 52.6 Å². The molecule has 2 aliphatic carbocycles. The summed E-state index contributed by atoms with van der Waals surface area (Å²) in [7, 11) is -2.31. The zero-order valence-electron chi connectivity index (χ0n) is 20.4. The van der Waals surface area contributed by atoms with Gasteiger partial charge in [-0.2, -0.15) is 0 Å². The predicted molar refractivity (Wildman–Crippen MR) is 129 cm³/mol. The molecule has 4 nitrogen and oxygen atoms in total. The third-order valence-corrected chi connectivity index (χ3v) is 11.9. The van der Waals surface area contributed by atoms with Crippen molar-refractivity contribution in [3.63, 3.8) is 0 Å². The molecule has 2 rings (SSSR count). The van der Waals surface area contributed by atoms with E-state index in [0.717, 1.165) is 44.9 Å². The van der Waals surface area contributed by atoms with Gasteiger partial charge in [0, 0.05) is 18.3 Å². The number of Topliss-reactive ketones (excluding diaryl/α,β-unsaturated/α-hetero) is 1. The van der Waals surface area contributed by atoms with Crippen LogP contribution in [-0.2, 0) is 14.0 Å². The average molecular weight is 447 g/mol. The fourth-order valence-corrected chi connectivity index (χ4v) is 6.05. The molecule has 0 aliphatic heterocycles. The normalized spacial score (nSPS) is 22.1. The van der Waals surface area contributed by atoms with Crippen LogP contribution in [0.2, 0.25) is 18.1 Å². The Morgan fingerprint density at radius 2 is 1.94 bits per heavy atom. The molecule has 0 bridgehead atoms. The van der Waals surface area contributed by atoms with E-state index in [1.807, 2.05) is 6.08 Å². The monoisotopic (exact) mass is 446 g/mol. The number of carboxylic acids is 1. The molecule has 0 aromatic heterocycles. The highest BCUT2D eigenvalue weighted by Crippen LogP contribution is 2.45. The second kappa shape index (κ2) is 10.5. The summed E-state index contributed by atoms with van der Waals surface area (Å²) in [4.78, 5) is 24.8. The lowest BCUT2D eigenvalue weighted by atomic mass is 9.86. The lowest BCUT2D eigenvalue weighted by Crippen LogP contribution is -2.55. The fourth-order valence-electron chi connectivity index (χ4n) is 4.59. The number of rotatable bonds is 10. The topological polar surface area (TPSA) is 63.6 Å².